The van der Waals surface area contributed by atoms with Crippen LogP contribution >= 0.6 is 0 Å². The first kappa shape index (κ1) is 12.4. The Balaban J connectivity index is 4.08. The predicted molar refractivity (Wildman–Crippen MR) is 51.0 cm³/mol. The number of nitrogens with one attached hydrogen (secondary N) is 2. The molecule has 0 bridgehead atoms. The fourth-order valence-electron chi connectivity index (χ4n) is 0.876. The highest BCUT2D eigenvalue weighted by molar-refractivity contribution is 5.86. The van der Waals surface area contributed by atoms with E-state index in [0.717, 1.165) is 0 Å². The lowest BCUT2D eigenvalue weighted by molar-refractivity contribution is -0.128. The molecule has 0 aromatic rings. The quantitative estimate of drug-likeness (QED) is 0.646. The topological polar surface area (TPSA) is 82.0 Å². The van der Waals surface area contributed by atoms with E-state index >= 15 is 0 Å². The van der Waals surface area contributed by atoms with E-state index in [1.807, 2.05) is 6.07 Å². The number of carbonyl (C=O) groups excluding carboxylic acids is 2. The van der Waals surface area contributed by atoms with Crippen molar-refractivity contribution in [2.75, 3.05) is 13.6 Å². The van der Waals surface area contributed by atoms with E-state index in [4.69, 9.17) is 5.26 Å². The summed E-state index contributed by atoms with van der Waals surface area (Å²) in [6, 6.07) is 1.90. The van der Waals surface area contributed by atoms with Gasteiger partial charge in [-0.2, -0.15) is 5.26 Å². The van der Waals surface area contributed by atoms with Crippen LogP contribution in [-0.2, 0) is 9.59 Å². The second kappa shape index (κ2) is 5.97. The number of likely N-dealkylation sites (N-methyl/N-ethyl adjacent to an activating group) is 1. The van der Waals surface area contributed by atoms with Crippen LogP contribution in [0, 0.1) is 23.2 Å². The molecule has 2 N–H and O–H groups in total. The highest BCUT2D eigenvalue weighted by Gasteiger charge is 2.21. The SMILES string of the molecule is CNC(=O)CNC(=O)C(C#N)C(C)C. The molecule has 14 heavy (non-hydrogen) atoms. The molecular weight excluding hydrogens is 182 g/mol. The second-order valence-electron chi connectivity index (χ2n) is 3.24. The number of hydrogen-bond acceptors (Lipinski definition) is 3. The maximum atomic E-state index is 11.3. The van der Waals surface area contributed by atoms with Crippen LogP contribution in [0.3, 0.4) is 0 Å². The number of nitrogens with zero attached hydrogens (tertiary/aromatic N) is 1. The van der Waals surface area contributed by atoms with Gasteiger partial charge >= 0.3 is 0 Å². The number of hydrogen-bond donors (Lipinski definition) is 2. The Morgan fingerprint density at radius 3 is 2.36 bits per heavy atom. The summed E-state index contributed by atoms with van der Waals surface area (Å²) in [6.45, 7) is 3.49. The smallest absolute Gasteiger partial charge is 0.239 e. The Bertz CT molecular complexity index is 255. The summed E-state index contributed by atoms with van der Waals surface area (Å²) >= 11 is 0. The Labute approximate surface area is 83.5 Å². The van der Waals surface area contributed by atoms with Crippen molar-refractivity contribution >= 4 is 11.8 Å². The van der Waals surface area contributed by atoms with E-state index in [2.05, 4.69) is 10.6 Å². The van der Waals surface area contributed by atoms with Gasteiger partial charge in [-0.1, -0.05) is 13.8 Å². The van der Waals surface area contributed by atoms with Crippen LogP contribution in [0.25, 0.3) is 0 Å². The maximum absolute atomic E-state index is 11.3. The van der Waals surface area contributed by atoms with E-state index in [-0.39, 0.29) is 18.4 Å². The zero-order chi connectivity index (χ0) is 11.1. The molecule has 78 valence electrons. The average molecular weight is 197 g/mol. The number of nitriles is 1. The van der Waals surface area contributed by atoms with E-state index in [0.29, 0.717) is 0 Å². The van der Waals surface area contributed by atoms with Crippen molar-refractivity contribution in [3.63, 3.8) is 0 Å². The lowest BCUT2D eigenvalue weighted by Crippen LogP contribution is -2.39. The predicted octanol–water partition coefficient (Wildman–Crippen LogP) is -0.356. The third-order valence-electron chi connectivity index (χ3n) is 1.79. The lowest BCUT2D eigenvalue weighted by Gasteiger charge is -2.12. The van der Waals surface area contributed by atoms with Gasteiger partial charge in [0.15, 0.2) is 0 Å². The van der Waals surface area contributed by atoms with Crippen molar-refractivity contribution in [2.45, 2.75) is 13.8 Å². The molecule has 0 radical (unpaired) electrons. The first-order valence-corrected chi connectivity index (χ1v) is 4.40. The van der Waals surface area contributed by atoms with Gasteiger partial charge in [-0.25, -0.2) is 0 Å². The largest absolute Gasteiger partial charge is 0.358 e. The first-order chi connectivity index (χ1) is 6.52. The number of rotatable bonds is 4. The fourth-order valence-corrected chi connectivity index (χ4v) is 0.876. The van der Waals surface area contributed by atoms with Crippen LogP contribution in [0.1, 0.15) is 13.8 Å². The summed E-state index contributed by atoms with van der Waals surface area (Å²) in [7, 11) is 1.48. The molecule has 0 aromatic heterocycles. The zero-order valence-corrected chi connectivity index (χ0v) is 8.63. The zero-order valence-electron chi connectivity index (χ0n) is 8.63. The van der Waals surface area contributed by atoms with Gasteiger partial charge in [0.2, 0.25) is 11.8 Å². The van der Waals surface area contributed by atoms with Crippen LogP contribution < -0.4 is 10.6 Å². The minimum Gasteiger partial charge on any atom is -0.358 e. The third-order valence-corrected chi connectivity index (χ3v) is 1.79. The van der Waals surface area contributed by atoms with Gasteiger partial charge in [0, 0.05) is 7.05 Å². The lowest BCUT2D eigenvalue weighted by atomic mass is 9.97. The van der Waals surface area contributed by atoms with Crippen molar-refractivity contribution in [2.24, 2.45) is 11.8 Å². The van der Waals surface area contributed by atoms with Crippen molar-refractivity contribution < 1.29 is 9.59 Å². The van der Waals surface area contributed by atoms with Crippen LogP contribution in [0.15, 0.2) is 0 Å². The van der Waals surface area contributed by atoms with Crippen molar-refractivity contribution in [1.82, 2.24) is 10.6 Å². The van der Waals surface area contributed by atoms with Gasteiger partial charge in [-0.3, -0.25) is 9.59 Å². The molecule has 0 spiro atoms. The molecule has 5 heteroatoms. The highest BCUT2D eigenvalue weighted by atomic mass is 16.2. The molecule has 5 nitrogen and oxygen atoms in total. The molecule has 0 aliphatic carbocycles. The summed E-state index contributed by atoms with van der Waals surface area (Å²) in [6.07, 6.45) is 0. The molecule has 0 aliphatic heterocycles. The van der Waals surface area contributed by atoms with Crippen molar-refractivity contribution in [3.8, 4) is 6.07 Å². The molecule has 0 heterocycles. The Kier molecular flexibility index (Phi) is 5.30. The van der Waals surface area contributed by atoms with Crippen molar-refractivity contribution in [3.05, 3.63) is 0 Å². The van der Waals surface area contributed by atoms with Crippen LogP contribution in [-0.4, -0.2) is 25.4 Å². The van der Waals surface area contributed by atoms with Gasteiger partial charge in [0.25, 0.3) is 0 Å². The van der Waals surface area contributed by atoms with E-state index in [9.17, 15) is 9.59 Å². The summed E-state index contributed by atoms with van der Waals surface area (Å²) in [5.41, 5.74) is 0. The molecular formula is C9H15N3O2. The van der Waals surface area contributed by atoms with Gasteiger partial charge in [0.1, 0.15) is 5.92 Å². The molecule has 0 rings (SSSR count). The maximum Gasteiger partial charge on any atom is 0.239 e. The normalized spacial score (nSPS) is 11.6. The number of amides is 2. The van der Waals surface area contributed by atoms with E-state index < -0.39 is 11.8 Å². The fraction of sp³-hybridized carbons (Fsp3) is 0.667. The third kappa shape index (κ3) is 3.90. The molecule has 0 aliphatic rings. The first-order valence-electron chi connectivity index (χ1n) is 4.40. The monoisotopic (exact) mass is 197 g/mol. The number of carbonyl (C=O) groups is 2. The molecule has 0 saturated heterocycles. The van der Waals surface area contributed by atoms with Gasteiger partial charge in [-0.15, -0.1) is 0 Å². The summed E-state index contributed by atoms with van der Waals surface area (Å²) in [4.78, 5) is 22.1. The summed E-state index contributed by atoms with van der Waals surface area (Å²) in [5, 5.41) is 13.4. The van der Waals surface area contributed by atoms with Gasteiger partial charge in [0.05, 0.1) is 12.6 Å². The Morgan fingerprint density at radius 1 is 1.43 bits per heavy atom. The second-order valence-corrected chi connectivity index (χ2v) is 3.24. The Morgan fingerprint density at radius 2 is 2.00 bits per heavy atom. The van der Waals surface area contributed by atoms with E-state index in [1.54, 1.807) is 13.8 Å². The van der Waals surface area contributed by atoms with Crippen LogP contribution in [0.5, 0.6) is 0 Å². The molecule has 1 atom stereocenters. The minimum absolute atomic E-state index is 0.0512. The Hall–Kier alpha value is -1.57. The molecule has 2 amide bonds. The van der Waals surface area contributed by atoms with Crippen LogP contribution in [0.4, 0.5) is 0 Å². The summed E-state index contributed by atoms with van der Waals surface area (Å²) < 4.78 is 0. The molecule has 0 saturated carbocycles. The summed E-state index contributed by atoms with van der Waals surface area (Å²) in [5.74, 6) is -1.42. The van der Waals surface area contributed by atoms with E-state index in [1.165, 1.54) is 7.05 Å². The molecule has 0 aromatic carbocycles. The average Bonchev–Trinajstić information content (AvgIpc) is 2.14. The molecule has 1 unspecified atom stereocenters. The standard InChI is InChI=1S/C9H15N3O2/c1-6(2)7(4-10)9(14)12-5-8(13)11-3/h6-7H,5H2,1-3H3,(H,11,13)(H,12,14). The van der Waals surface area contributed by atoms with Gasteiger partial charge in [-0.05, 0) is 5.92 Å². The minimum atomic E-state index is -0.695. The van der Waals surface area contributed by atoms with Gasteiger partial charge < -0.3 is 10.6 Å². The van der Waals surface area contributed by atoms with Crippen molar-refractivity contribution in [1.29, 1.82) is 5.26 Å². The molecule has 0 fully saturated rings. The van der Waals surface area contributed by atoms with Crippen LogP contribution in [0.2, 0.25) is 0 Å². The highest BCUT2D eigenvalue weighted by Crippen LogP contribution is 2.08.